The Balaban J connectivity index is 1.74. The number of nitrogens with one attached hydrogen (secondary N) is 1. The highest BCUT2D eigenvalue weighted by Gasteiger charge is 2.29. The van der Waals surface area contributed by atoms with Gasteiger partial charge < -0.3 is 10.2 Å². The Kier molecular flexibility index (Phi) is 3.63. The number of hydrogen-bond donors (Lipinski definition) is 1. The number of pyridine rings is 1. The van der Waals surface area contributed by atoms with E-state index in [1.807, 2.05) is 47.4 Å². The van der Waals surface area contributed by atoms with Gasteiger partial charge in [-0.3, -0.25) is 4.98 Å². The largest absolute Gasteiger partial charge is 0.322 e. The maximum Gasteiger partial charge on any atom is 0.322 e. The van der Waals surface area contributed by atoms with Crippen LogP contribution in [0.25, 0.3) is 0 Å². The van der Waals surface area contributed by atoms with Crippen molar-refractivity contribution in [3.63, 3.8) is 0 Å². The lowest BCUT2D eigenvalue weighted by molar-refractivity contribution is 0.207. The number of aromatic nitrogens is 1. The number of nitrogens with zero attached hydrogens (tertiary/aromatic N) is 2. The first-order valence-electron chi connectivity index (χ1n) is 6.87. The van der Waals surface area contributed by atoms with E-state index < -0.39 is 0 Å². The molecule has 2 aromatic rings. The van der Waals surface area contributed by atoms with Gasteiger partial charge in [0.2, 0.25) is 0 Å². The molecule has 1 fully saturated rings. The Labute approximate surface area is 118 Å². The van der Waals surface area contributed by atoms with Crippen LogP contribution in [0.15, 0.2) is 54.9 Å². The molecule has 102 valence electrons. The quantitative estimate of drug-likeness (QED) is 0.905. The van der Waals surface area contributed by atoms with Crippen LogP contribution >= 0.6 is 0 Å². The molecule has 0 spiro atoms. The molecular weight excluding hydrogens is 250 g/mol. The van der Waals surface area contributed by atoms with Gasteiger partial charge in [-0.05, 0) is 42.7 Å². The van der Waals surface area contributed by atoms with Crippen LogP contribution in [0.2, 0.25) is 0 Å². The van der Waals surface area contributed by atoms with E-state index in [-0.39, 0.29) is 12.1 Å². The summed E-state index contributed by atoms with van der Waals surface area (Å²) in [6.45, 7) is 0.797. The third kappa shape index (κ3) is 2.64. The molecule has 20 heavy (non-hydrogen) atoms. The van der Waals surface area contributed by atoms with E-state index in [1.165, 1.54) is 0 Å². The Morgan fingerprint density at radius 3 is 2.65 bits per heavy atom. The van der Waals surface area contributed by atoms with Crippen molar-refractivity contribution in [2.24, 2.45) is 0 Å². The Bertz CT molecular complexity index is 571. The highest BCUT2D eigenvalue weighted by atomic mass is 16.2. The van der Waals surface area contributed by atoms with Gasteiger partial charge in [-0.2, -0.15) is 0 Å². The van der Waals surface area contributed by atoms with Crippen LogP contribution in [0.3, 0.4) is 0 Å². The number of hydrogen-bond acceptors (Lipinski definition) is 2. The Morgan fingerprint density at radius 1 is 1.15 bits per heavy atom. The van der Waals surface area contributed by atoms with Crippen molar-refractivity contribution in [3.8, 4) is 0 Å². The number of anilines is 1. The molecule has 3 rings (SSSR count). The lowest BCUT2D eigenvalue weighted by Gasteiger charge is -2.25. The molecule has 4 nitrogen and oxygen atoms in total. The van der Waals surface area contributed by atoms with Crippen LogP contribution in [-0.4, -0.2) is 22.5 Å². The SMILES string of the molecule is O=C(Nc1ccccc1)N1CCC[C@H]1c1ccncc1. The van der Waals surface area contributed by atoms with Gasteiger partial charge in [0.25, 0.3) is 0 Å². The number of carbonyl (C=O) groups is 1. The number of carbonyl (C=O) groups excluding carboxylic acids is 1. The zero-order valence-corrected chi connectivity index (χ0v) is 11.2. The number of benzene rings is 1. The van der Waals surface area contributed by atoms with E-state index >= 15 is 0 Å². The van der Waals surface area contributed by atoms with Gasteiger partial charge in [-0.1, -0.05) is 18.2 Å². The fourth-order valence-corrected chi connectivity index (χ4v) is 2.66. The van der Waals surface area contributed by atoms with E-state index in [0.29, 0.717) is 0 Å². The Morgan fingerprint density at radius 2 is 1.90 bits per heavy atom. The zero-order valence-electron chi connectivity index (χ0n) is 11.2. The third-order valence-electron chi connectivity index (χ3n) is 3.63. The number of likely N-dealkylation sites (tertiary alicyclic amines) is 1. The van der Waals surface area contributed by atoms with Crippen LogP contribution in [0.5, 0.6) is 0 Å². The van der Waals surface area contributed by atoms with E-state index in [0.717, 1.165) is 30.6 Å². The number of para-hydroxylation sites is 1. The molecule has 2 amide bonds. The summed E-state index contributed by atoms with van der Waals surface area (Å²) in [6, 6.07) is 13.7. The Hall–Kier alpha value is -2.36. The molecule has 4 heteroatoms. The van der Waals surface area contributed by atoms with Gasteiger partial charge in [0.1, 0.15) is 0 Å². The van der Waals surface area contributed by atoms with E-state index in [9.17, 15) is 4.79 Å². The summed E-state index contributed by atoms with van der Waals surface area (Å²) in [5.41, 5.74) is 1.98. The standard InChI is InChI=1S/C16H17N3O/c20-16(18-14-5-2-1-3-6-14)19-12-4-7-15(19)13-8-10-17-11-9-13/h1-3,5-6,8-11,15H,4,7,12H2,(H,18,20)/t15-/m0/s1. The van der Waals surface area contributed by atoms with Crippen molar-refractivity contribution in [3.05, 3.63) is 60.4 Å². The smallest absolute Gasteiger partial charge is 0.317 e. The lowest BCUT2D eigenvalue weighted by atomic mass is 10.1. The van der Waals surface area contributed by atoms with Crippen LogP contribution in [0.4, 0.5) is 10.5 Å². The molecule has 0 aliphatic carbocycles. The fourth-order valence-electron chi connectivity index (χ4n) is 2.66. The average Bonchev–Trinajstić information content (AvgIpc) is 2.99. The van der Waals surface area contributed by atoms with Crippen molar-refractivity contribution in [1.82, 2.24) is 9.88 Å². The predicted molar refractivity (Wildman–Crippen MR) is 78.4 cm³/mol. The minimum absolute atomic E-state index is 0.0319. The summed E-state index contributed by atoms with van der Waals surface area (Å²) >= 11 is 0. The summed E-state index contributed by atoms with van der Waals surface area (Å²) in [4.78, 5) is 18.3. The van der Waals surface area contributed by atoms with Crippen LogP contribution in [0, 0.1) is 0 Å². The van der Waals surface area contributed by atoms with Gasteiger partial charge in [0.05, 0.1) is 6.04 Å². The molecule has 0 bridgehead atoms. The molecule has 1 saturated heterocycles. The second-order valence-electron chi connectivity index (χ2n) is 4.93. The van der Waals surface area contributed by atoms with Crippen LogP contribution in [0.1, 0.15) is 24.4 Å². The van der Waals surface area contributed by atoms with E-state index in [4.69, 9.17) is 0 Å². The zero-order chi connectivity index (χ0) is 13.8. The first-order valence-corrected chi connectivity index (χ1v) is 6.87. The minimum atomic E-state index is -0.0319. The highest BCUT2D eigenvalue weighted by Crippen LogP contribution is 2.31. The van der Waals surface area contributed by atoms with Gasteiger partial charge in [0, 0.05) is 24.6 Å². The number of urea groups is 1. The van der Waals surface area contributed by atoms with Crippen LogP contribution < -0.4 is 5.32 Å². The molecule has 2 heterocycles. The predicted octanol–water partition coefficient (Wildman–Crippen LogP) is 3.45. The van der Waals surface area contributed by atoms with Gasteiger partial charge in [-0.25, -0.2) is 4.79 Å². The first kappa shape index (κ1) is 12.7. The molecule has 1 N–H and O–H groups in total. The number of rotatable bonds is 2. The molecule has 1 aromatic heterocycles. The molecule has 1 aliphatic rings. The second kappa shape index (κ2) is 5.74. The molecule has 0 saturated carbocycles. The summed E-state index contributed by atoms with van der Waals surface area (Å²) in [7, 11) is 0. The molecular formula is C16H17N3O. The molecule has 0 unspecified atom stereocenters. The minimum Gasteiger partial charge on any atom is -0.317 e. The van der Waals surface area contributed by atoms with Crippen LogP contribution in [-0.2, 0) is 0 Å². The van der Waals surface area contributed by atoms with Crippen molar-refractivity contribution < 1.29 is 4.79 Å². The normalized spacial score (nSPS) is 18.0. The monoisotopic (exact) mass is 267 g/mol. The van der Waals surface area contributed by atoms with Crippen molar-refractivity contribution in [1.29, 1.82) is 0 Å². The highest BCUT2D eigenvalue weighted by molar-refractivity contribution is 5.89. The maximum absolute atomic E-state index is 12.4. The number of amides is 2. The topological polar surface area (TPSA) is 45.2 Å². The van der Waals surface area contributed by atoms with Gasteiger partial charge in [0.15, 0.2) is 0 Å². The van der Waals surface area contributed by atoms with E-state index in [1.54, 1.807) is 12.4 Å². The van der Waals surface area contributed by atoms with Crippen molar-refractivity contribution >= 4 is 11.7 Å². The lowest BCUT2D eigenvalue weighted by Crippen LogP contribution is -2.34. The summed E-state index contributed by atoms with van der Waals surface area (Å²) < 4.78 is 0. The maximum atomic E-state index is 12.4. The molecule has 1 aromatic carbocycles. The fraction of sp³-hybridized carbons (Fsp3) is 0.250. The molecule has 1 atom stereocenters. The second-order valence-corrected chi connectivity index (χ2v) is 4.93. The third-order valence-corrected chi connectivity index (χ3v) is 3.63. The van der Waals surface area contributed by atoms with Gasteiger partial charge in [-0.15, -0.1) is 0 Å². The molecule has 0 radical (unpaired) electrons. The van der Waals surface area contributed by atoms with Crippen molar-refractivity contribution in [2.75, 3.05) is 11.9 Å². The van der Waals surface area contributed by atoms with E-state index in [2.05, 4.69) is 10.3 Å². The molecule has 1 aliphatic heterocycles. The van der Waals surface area contributed by atoms with Crippen molar-refractivity contribution in [2.45, 2.75) is 18.9 Å². The summed E-state index contributed by atoms with van der Waals surface area (Å²) in [6.07, 6.45) is 5.60. The average molecular weight is 267 g/mol. The van der Waals surface area contributed by atoms with Gasteiger partial charge >= 0.3 is 6.03 Å². The summed E-state index contributed by atoms with van der Waals surface area (Å²) in [5.74, 6) is 0. The summed E-state index contributed by atoms with van der Waals surface area (Å²) in [5, 5.41) is 2.95. The first-order chi connectivity index (χ1) is 9.84.